The SMILES string of the molecule is CCOc1ccc(-n2c(SCC3CCOC3)nnc2-c2cccc(Cl)c2)cc1. The van der Waals surface area contributed by atoms with Gasteiger partial charge in [-0.25, -0.2) is 0 Å². The van der Waals surface area contributed by atoms with Crippen molar-refractivity contribution in [1.29, 1.82) is 0 Å². The zero-order valence-corrected chi connectivity index (χ0v) is 17.2. The van der Waals surface area contributed by atoms with E-state index in [0.717, 1.165) is 53.4 Å². The molecule has 0 radical (unpaired) electrons. The second kappa shape index (κ2) is 8.99. The summed E-state index contributed by atoms with van der Waals surface area (Å²) in [6.07, 6.45) is 1.10. The number of nitrogens with zero attached hydrogens (tertiary/aromatic N) is 3. The molecule has 1 unspecified atom stereocenters. The van der Waals surface area contributed by atoms with E-state index in [9.17, 15) is 0 Å². The summed E-state index contributed by atoms with van der Waals surface area (Å²) in [7, 11) is 0. The molecule has 1 fully saturated rings. The standard InChI is InChI=1S/C21H22ClN3O2S/c1-2-27-19-8-6-18(7-9-19)25-20(16-4-3-5-17(22)12-16)23-24-21(25)28-14-15-10-11-26-13-15/h3-9,12,15H,2,10-11,13-14H2,1H3. The minimum atomic E-state index is 0.560. The van der Waals surface area contributed by atoms with Crippen LogP contribution in [0.1, 0.15) is 13.3 Å². The van der Waals surface area contributed by atoms with Gasteiger partial charge >= 0.3 is 0 Å². The number of benzene rings is 2. The van der Waals surface area contributed by atoms with Crippen LogP contribution in [-0.2, 0) is 4.74 Å². The Morgan fingerprint density at radius 3 is 2.79 bits per heavy atom. The van der Waals surface area contributed by atoms with Crippen LogP contribution in [0.4, 0.5) is 0 Å². The molecule has 1 saturated heterocycles. The van der Waals surface area contributed by atoms with Crippen LogP contribution in [0.5, 0.6) is 5.75 Å². The van der Waals surface area contributed by atoms with E-state index in [1.54, 1.807) is 11.8 Å². The van der Waals surface area contributed by atoms with Gasteiger partial charge in [-0.1, -0.05) is 35.5 Å². The van der Waals surface area contributed by atoms with Gasteiger partial charge in [0.2, 0.25) is 0 Å². The van der Waals surface area contributed by atoms with Crippen LogP contribution >= 0.6 is 23.4 Å². The second-order valence-electron chi connectivity index (χ2n) is 6.62. The molecule has 146 valence electrons. The van der Waals surface area contributed by atoms with Gasteiger partial charge in [-0.3, -0.25) is 4.57 Å². The third-order valence-corrected chi connectivity index (χ3v) is 5.99. The first-order chi connectivity index (χ1) is 13.7. The first-order valence-corrected chi connectivity index (χ1v) is 10.8. The van der Waals surface area contributed by atoms with Crippen LogP contribution in [0, 0.1) is 5.92 Å². The molecule has 1 atom stereocenters. The van der Waals surface area contributed by atoms with Crippen molar-refractivity contribution in [1.82, 2.24) is 14.8 Å². The van der Waals surface area contributed by atoms with Crippen LogP contribution in [0.25, 0.3) is 17.1 Å². The minimum Gasteiger partial charge on any atom is -0.494 e. The normalized spacial score (nSPS) is 16.4. The van der Waals surface area contributed by atoms with E-state index in [1.165, 1.54) is 0 Å². The molecule has 4 rings (SSSR count). The molecular formula is C21H22ClN3O2S. The molecule has 0 spiro atoms. The van der Waals surface area contributed by atoms with Gasteiger partial charge < -0.3 is 9.47 Å². The second-order valence-corrected chi connectivity index (χ2v) is 8.04. The van der Waals surface area contributed by atoms with Gasteiger partial charge in [0.1, 0.15) is 5.75 Å². The molecule has 1 aliphatic rings. The minimum absolute atomic E-state index is 0.560. The number of hydrogen-bond acceptors (Lipinski definition) is 5. The monoisotopic (exact) mass is 415 g/mol. The molecule has 2 heterocycles. The molecule has 0 amide bonds. The van der Waals surface area contributed by atoms with Crippen LogP contribution < -0.4 is 4.74 Å². The van der Waals surface area contributed by atoms with Gasteiger partial charge in [0.15, 0.2) is 11.0 Å². The summed E-state index contributed by atoms with van der Waals surface area (Å²) in [6, 6.07) is 15.7. The lowest BCUT2D eigenvalue weighted by Crippen LogP contribution is -2.05. The first kappa shape index (κ1) is 19.3. The van der Waals surface area contributed by atoms with Gasteiger partial charge in [0, 0.05) is 28.6 Å². The third-order valence-electron chi connectivity index (χ3n) is 4.59. The van der Waals surface area contributed by atoms with Crippen LogP contribution in [0.2, 0.25) is 5.02 Å². The topological polar surface area (TPSA) is 49.2 Å². The summed E-state index contributed by atoms with van der Waals surface area (Å²) in [5, 5.41) is 10.5. The number of aromatic nitrogens is 3. The highest BCUT2D eigenvalue weighted by Gasteiger charge is 2.20. The summed E-state index contributed by atoms with van der Waals surface area (Å²) in [5.41, 5.74) is 1.93. The fourth-order valence-electron chi connectivity index (χ4n) is 3.18. The maximum absolute atomic E-state index is 6.21. The average molecular weight is 416 g/mol. The summed E-state index contributed by atoms with van der Waals surface area (Å²) >= 11 is 7.93. The van der Waals surface area contributed by atoms with Gasteiger partial charge in [0.05, 0.1) is 13.2 Å². The number of rotatable bonds is 7. The predicted molar refractivity (Wildman–Crippen MR) is 113 cm³/mol. The third kappa shape index (κ3) is 4.35. The van der Waals surface area contributed by atoms with Gasteiger partial charge in [-0.05, 0) is 55.7 Å². The van der Waals surface area contributed by atoms with Gasteiger partial charge in [-0.2, -0.15) is 0 Å². The Morgan fingerprint density at radius 2 is 2.07 bits per heavy atom. The lowest BCUT2D eigenvalue weighted by atomic mass is 10.2. The highest BCUT2D eigenvalue weighted by atomic mass is 35.5. The van der Waals surface area contributed by atoms with E-state index in [4.69, 9.17) is 21.1 Å². The van der Waals surface area contributed by atoms with Crippen molar-refractivity contribution < 1.29 is 9.47 Å². The molecule has 0 bridgehead atoms. The Bertz CT molecular complexity index is 924. The number of ether oxygens (including phenoxy) is 2. The summed E-state index contributed by atoms with van der Waals surface area (Å²) in [4.78, 5) is 0. The average Bonchev–Trinajstić information content (AvgIpc) is 3.37. The zero-order chi connectivity index (χ0) is 19.3. The Labute approximate surface area is 174 Å². The van der Waals surface area contributed by atoms with E-state index in [-0.39, 0.29) is 0 Å². The highest BCUT2D eigenvalue weighted by Crippen LogP contribution is 2.31. The summed E-state index contributed by atoms with van der Waals surface area (Å²) < 4.78 is 13.2. The molecular weight excluding hydrogens is 394 g/mol. The molecule has 0 N–H and O–H groups in total. The Kier molecular flexibility index (Phi) is 6.20. The first-order valence-electron chi connectivity index (χ1n) is 9.39. The van der Waals surface area contributed by atoms with E-state index < -0.39 is 0 Å². The molecule has 7 heteroatoms. The molecule has 1 aliphatic heterocycles. The van der Waals surface area contributed by atoms with Crippen molar-refractivity contribution in [2.24, 2.45) is 5.92 Å². The van der Waals surface area contributed by atoms with Crippen LogP contribution in [0.3, 0.4) is 0 Å². The lowest BCUT2D eigenvalue weighted by molar-refractivity contribution is 0.189. The van der Waals surface area contributed by atoms with E-state index in [1.807, 2.05) is 55.5 Å². The van der Waals surface area contributed by atoms with Crippen LogP contribution in [-0.4, -0.2) is 40.3 Å². The van der Waals surface area contributed by atoms with Crippen molar-refractivity contribution in [3.8, 4) is 22.8 Å². The van der Waals surface area contributed by atoms with Crippen LogP contribution in [0.15, 0.2) is 53.7 Å². The van der Waals surface area contributed by atoms with E-state index in [0.29, 0.717) is 17.5 Å². The van der Waals surface area contributed by atoms with E-state index in [2.05, 4.69) is 14.8 Å². The number of thioether (sulfide) groups is 1. The van der Waals surface area contributed by atoms with Gasteiger partial charge in [-0.15, -0.1) is 10.2 Å². The predicted octanol–water partition coefficient (Wildman–Crippen LogP) is 5.12. The largest absolute Gasteiger partial charge is 0.494 e. The fraction of sp³-hybridized carbons (Fsp3) is 0.333. The quantitative estimate of drug-likeness (QED) is 0.501. The Morgan fingerprint density at radius 1 is 1.21 bits per heavy atom. The molecule has 5 nitrogen and oxygen atoms in total. The van der Waals surface area contributed by atoms with E-state index >= 15 is 0 Å². The summed E-state index contributed by atoms with van der Waals surface area (Å²) in [6.45, 7) is 4.30. The zero-order valence-electron chi connectivity index (χ0n) is 15.7. The molecule has 2 aromatic carbocycles. The van der Waals surface area contributed by atoms with Crippen molar-refractivity contribution in [2.45, 2.75) is 18.5 Å². The Balaban J connectivity index is 1.69. The maximum Gasteiger partial charge on any atom is 0.196 e. The molecule has 0 aliphatic carbocycles. The molecule has 28 heavy (non-hydrogen) atoms. The molecule has 1 aromatic heterocycles. The number of halogens is 1. The van der Waals surface area contributed by atoms with Crippen molar-refractivity contribution in [3.63, 3.8) is 0 Å². The van der Waals surface area contributed by atoms with Crippen molar-refractivity contribution in [2.75, 3.05) is 25.6 Å². The maximum atomic E-state index is 6.21. The number of hydrogen-bond donors (Lipinski definition) is 0. The van der Waals surface area contributed by atoms with Gasteiger partial charge in [0.25, 0.3) is 0 Å². The molecule has 3 aromatic rings. The smallest absolute Gasteiger partial charge is 0.196 e. The Hall–Kier alpha value is -2.02. The molecule has 0 saturated carbocycles. The highest BCUT2D eigenvalue weighted by molar-refractivity contribution is 7.99. The fourth-order valence-corrected chi connectivity index (χ4v) is 4.43. The lowest BCUT2D eigenvalue weighted by Gasteiger charge is -2.12. The van der Waals surface area contributed by atoms with Crippen molar-refractivity contribution >= 4 is 23.4 Å². The van der Waals surface area contributed by atoms with Crippen molar-refractivity contribution in [3.05, 3.63) is 53.6 Å². The summed E-state index contributed by atoms with van der Waals surface area (Å²) in [5.74, 6) is 3.15.